The summed E-state index contributed by atoms with van der Waals surface area (Å²) in [6.45, 7) is 5.90. The van der Waals surface area contributed by atoms with Crippen LogP contribution in [-0.4, -0.2) is 30.5 Å². The van der Waals surface area contributed by atoms with Gasteiger partial charge in [-0.15, -0.1) is 0 Å². The number of nitrogens with one attached hydrogen (secondary N) is 2. The minimum absolute atomic E-state index is 0.108. The van der Waals surface area contributed by atoms with E-state index in [1.54, 1.807) is 0 Å². The first-order valence-corrected chi connectivity index (χ1v) is 11.5. The minimum Gasteiger partial charge on any atom is -0.361 e. The van der Waals surface area contributed by atoms with E-state index < -0.39 is 0 Å². The van der Waals surface area contributed by atoms with Gasteiger partial charge in [-0.25, -0.2) is 0 Å². The highest BCUT2D eigenvalue weighted by Gasteiger charge is 2.26. The van der Waals surface area contributed by atoms with Crippen molar-refractivity contribution >= 4 is 10.9 Å². The second-order valence-corrected chi connectivity index (χ2v) is 8.74. The molecule has 2 aromatic carbocycles. The first-order chi connectivity index (χ1) is 17.1. The molecule has 7 heteroatoms. The van der Waals surface area contributed by atoms with Crippen LogP contribution in [0.5, 0.6) is 0 Å². The Kier molecular flexibility index (Phi) is 5.03. The zero-order valence-corrected chi connectivity index (χ0v) is 19.7. The Morgan fingerprint density at radius 1 is 0.886 bits per heavy atom. The van der Waals surface area contributed by atoms with Crippen molar-refractivity contribution in [2.24, 2.45) is 0 Å². The average molecular weight is 461 g/mol. The van der Waals surface area contributed by atoms with Crippen LogP contribution in [0.1, 0.15) is 39.9 Å². The maximum Gasteiger partial charge on any atom is 0.141 e. The van der Waals surface area contributed by atoms with Crippen molar-refractivity contribution in [3.63, 3.8) is 0 Å². The molecule has 6 rings (SSSR count). The second-order valence-electron chi connectivity index (χ2n) is 8.74. The Labute approximate surface area is 202 Å². The van der Waals surface area contributed by atoms with Crippen molar-refractivity contribution < 1.29 is 4.52 Å². The van der Waals surface area contributed by atoms with Gasteiger partial charge in [0.2, 0.25) is 0 Å². The molecule has 4 heterocycles. The lowest BCUT2D eigenvalue weighted by atomic mass is 9.83. The molecule has 0 fully saturated rings. The van der Waals surface area contributed by atoms with Crippen LogP contribution in [0.4, 0.5) is 0 Å². The fourth-order valence-corrected chi connectivity index (χ4v) is 4.95. The number of hydrogen-bond acceptors (Lipinski definition) is 5. The third kappa shape index (κ3) is 3.52. The van der Waals surface area contributed by atoms with Gasteiger partial charge in [0.15, 0.2) is 0 Å². The molecule has 0 aliphatic rings. The molecule has 0 aliphatic heterocycles. The van der Waals surface area contributed by atoms with E-state index in [9.17, 15) is 0 Å². The molecule has 1 atom stereocenters. The third-order valence-electron chi connectivity index (χ3n) is 6.53. The molecule has 0 radical (unpaired) electrons. The number of nitrogens with zero attached hydrogens (tertiary/aromatic N) is 4. The molecule has 0 saturated heterocycles. The number of aryl methyl sites for hydroxylation is 3. The lowest BCUT2D eigenvalue weighted by Crippen LogP contribution is -2.06. The van der Waals surface area contributed by atoms with Crippen molar-refractivity contribution in [2.45, 2.75) is 26.7 Å². The molecule has 0 spiro atoms. The molecular weight excluding hydrogens is 436 g/mol. The molecule has 0 amide bonds. The number of pyridine rings is 1. The molecule has 0 saturated carbocycles. The van der Waals surface area contributed by atoms with Gasteiger partial charge >= 0.3 is 0 Å². The molecule has 0 bridgehead atoms. The highest BCUT2D eigenvalue weighted by molar-refractivity contribution is 5.99. The number of aromatic nitrogens is 6. The number of rotatable bonds is 5. The highest BCUT2D eigenvalue weighted by atomic mass is 16.5. The second kappa shape index (κ2) is 8.36. The van der Waals surface area contributed by atoms with Gasteiger partial charge in [0.05, 0.1) is 28.5 Å². The molecule has 4 aromatic heterocycles. The Hall–Kier alpha value is -4.52. The maximum absolute atomic E-state index is 5.51. The molecular formula is C28H24N6O. The first kappa shape index (κ1) is 21.0. The van der Waals surface area contributed by atoms with Crippen molar-refractivity contribution in [1.82, 2.24) is 30.5 Å². The van der Waals surface area contributed by atoms with E-state index in [4.69, 9.17) is 14.6 Å². The summed E-state index contributed by atoms with van der Waals surface area (Å²) < 4.78 is 5.51. The highest BCUT2D eigenvalue weighted by Crippen LogP contribution is 2.42. The largest absolute Gasteiger partial charge is 0.361 e. The Morgan fingerprint density at radius 3 is 2.40 bits per heavy atom. The smallest absolute Gasteiger partial charge is 0.141 e. The molecule has 6 aromatic rings. The monoisotopic (exact) mass is 460 g/mol. The van der Waals surface area contributed by atoms with Gasteiger partial charge in [0.1, 0.15) is 11.5 Å². The van der Waals surface area contributed by atoms with Gasteiger partial charge in [0, 0.05) is 28.9 Å². The van der Waals surface area contributed by atoms with Crippen LogP contribution in [0.15, 0.2) is 77.6 Å². The predicted molar refractivity (Wildman–Crippen MR) is 135 cm³/mol. The van der Waals surface area contributed by atoms with Gasteiger partial charge in [0.25, 0.3) is 0 Å². The summed E-state index contributed by atoms with van der Waals surface area (Å²) in [5.74, 6) is 0.677. The van der Waals surface area contributed by atoms with Crippen LogP contribution in [-0.2, 0) is 0 Å². The van der Waals surface area contributed by atoms with E-state index in [1.165, 1.54) is 0 Å². The number of aromatic amines is 2. The summed E-state index contributed by atoms with van der Waals surface area (Å²) in [6, 6.07) is 20.9. The molecule has 0 aliphatic carbocycles. The Morgan fingerprint density at radius 2 is 1.71 bits per heavy atom. The summed E-state index contributed by atoms with van der Waals surface area (Å²) in [5, 5.41) is 20.6. The van der Waals surface area contributed by atoms with E-state index in [0.29, 0.717) is 0 Å². The van der Waals surface area contributed by atoms with E-state index in [1.807, 2.05) is 51.4 Å². The molecule has 1 unspecified atom stereocenters. The van der Waals surface area contributed by atoms with E-state index in [-0.39, 0.29) is 5.92 Å². The van der Waals surface area contributed by atoms with E-state index in [0.717, 1.165) is 67.3 Å². The fraction of sp³-hybridized carbons (Fsp3) is 0.143. The van der Waals surface area contributed by atoms with Gasteiger partial charge in [-0.05, 0) is 61.7 Å². The van der Waals surface area contributed by atoms with Crippen LogP contribution in [0.3, 0.4) is 0 Å². The van der Waals surface area contributed by atoms with Crippen molar-refractivity contribution in [1.29, 1.82) is 0 Å². The van der Waals surface area contributed by atoms with E-state index in [2.05, 4.69) is 62.9 Å². The summed E-state index contributed by atoms with van der Waals surface area (Å²) in [5.41, 5.74) is 9.76. The number of fused-ring (bicyclic) bond motifs is 1. The van der Waals surface area contributed by atoms with Crippen LogP contribution < -0.4 is 0 Å². The lowest BCUT2D eigenvalue weighted by Gasteiger charge is -2.20. The molecule has 172 valence electrons. The zero-order chi connectivity index (χ0) is 23.9. The van der Waals surface area contributed by atoms with E-state index >= 15 is 0 Å². The van der Waals surface area contributed by atoms with Gasteiger partial charge in [-0.2, -0.15) is 10.2 Å². The first-order valence-electron chi connectivity index (χ1n) is 11.5. The Balaban J connectivity index is 1.71. The third-order valence-corrected chi connectivity index (χ3v) is 6.53. The standard InChI is InChI=1S/C28H24N6O/c1-16-22(15-30-31-16)28-27-21(26(19-9-5-4-6-10-19)23-11-7-8-12-29-23)13-20(14-24(27)32-33-28)25-17(2)34-35-18(25)3/h4-15,26H,1-3H3,(H,30,31)(H,32,33). The summed E-state index contributed by atoms with van der Waals surface area (Å²) in [6.07, 6.45) is 3.74. The van der Waals surface area contributed by atoms with Crippen LogP contribution in [0, 0.1) is 20.8 Å². The Bertz CT molecular complexity index is 1570. The molecule has 2 N–H and O–H groups in total. The maximum atomic E-state index is 5.51. The minimum atomic E-state index is -0.108. The van der Waals surface area contributed by atoms with Crippen LogP contribution in [0.25, 0.3) is 33.3 Å². The quantitative estimate of drug-likeness (QED) is 0.324. The number of H-pyrrole nitrogens is 2. The van der Waals surface area contributed by atoms with Gasteiger partial charge in [-0.1, -0.05) is 41.6 Å². The number of benzene rings is 2. The SMILES string of the molecule is Cc1n[nH]cc1-c1n[nH]c2cc(-c3c(C)noc3C)cc(C(c3ccccc3)c3ccccn3)c12. The summed E-state index contributed by atoms with van der Waals surface area (Å²) >= 11 is 0. The molecule has 7 nitrogen and oxygen atoms in total. The van der Waals surface area contributed by atoms with Crippen molar-refractivity contribution in [2.75, 3.05) is 0 Å². The summed E-state index contributed by atoms with van der Waals surface area (Å²) in [4.78, 5) is 4.78. The average Bonchev–Trinajstić information content (AvgIpc) is 3.58. The zero-order valence-electron chi connectivity index (χ0n) is 19.7. The molecule has 35 heavy (non-hydrogen) atoms. The predicted octanol–water partition coefficient (Wildman–Crippen LogP) is 6.11. The normalized spacial score (nSPS) is 12.3. The van der Waals surface area contributed by atoms with Crippen LogP contribution >= 0.6 is 0 Å². The summed E-state index contributed by atoms with van der Waals surface area (Å²) in [7, 11) is 0. The van der Waals surface area contributed by atoms with Crippen molar-refractivity contribution in [3.05, 3.63) is 107 Å². The van der Waals surface area contributed by atoms with Gasteiger partial charge < -0.3 is 4.52 Å². The topological polar surface area (TPSA) is 96.3 Å². The number of hydrogen-bond donors (Lipinski definition) is 2. The lowest BCUT2D eigenvalue weighted by molar-refractivity contribution is 0.393. The van der Waals surface area contributed by atoms with Crippen LogP contribution in [0.2, 0.25) is 0 Å². The van der Waals surface area contributed by atoms with Gasteiger partial charge in [-0.3, -0.25) is 15.2 Å². The van der Waals surface area contributed by atoms with Crippen molar-refractivity contribution in [3.8, 4) is 22.4 Å². The fourth-order valence-electron chi connectivity index (χ4n) is 4.95.